The third-order valence-electron chi connectivity index (χ3n) is 1.50. The molecule has 0 amide bonds. The van der Waals surface area contributed by atoms with E-state index in [0.29, 0.717) is 0 Å². The molecule has 1 heteroatoms. The molecule has 0 spiro atoms. The SMILES string of the molecule is C1CCCCC1.[Eu]. The molecule has 0 saturated heterocycles. The average molecular weight is 236 g/mol. The molecule has 0 heterocycles. The van der Waals surface area contributed by atoms with Crippen molar-refractivity contribution in [1.82, 2.24) is 0 Å². The van der Waals surface area contributed by atoms with E-state index in [1.54, 1.807) is 0 Å². The molecule has 0 aromatic rings. The van der Waals surface area contributed by atoms with Crippen molar-refractivity contribution in [1.29, 1.82) is 0 Å². The Hall–Kier alpha value is 1.58. The summed E-state index contributed by atoms with van der Waals surface area (Å²) in [6.07, 6.45) is 9.00. The van der Waals surface area contributed by atoms with Crippen LogP contribution in [0.5, 0.6) is 0 Å². The van der Waals surface area contributed by atoms with Gasteiger partial charge in [-0.05, 0) is 0 Å². The Morgan fingerprint density at radius 1 is 0.429 bits per heavy atom. The summed E-state index contributed by atoms with van der Waals surface area (Å²) in [6.45, 7) is 0. The van der Waals surface area contributed by atoms with Gasteiger partial charge in [0.25, 0.3) is 0 Å². The first-order valence-electron chi connectivity index (χ1n) is 3.00. The van der Waals surface area contributed by atoms with E-state index < -0.39 is 0 Å². The van der Waals surface area contributed by atoms with Crippen molar-refractivity contribution in [2.24, 2.45) is 0 Å². The van der Waals surface area contributed by atoms with Crippen LogP contribution >= 0.6 is 0 Å². The Balaban J connectivity index is 0.000000360. The zero-order valence-electron chi connectivity index (χ0n) is 4.62. The maximum atomic E-state index is 1.50. The average Bonchev–Trinajstić information content (AvgIpc) is 1.72. The summed E-state index contributed by atoms with van der Waals surface area (Å²) in [6, 6.07) is 0. The van der Waals surface area contributed by atoms with Gasteiger partial charge < -0.3 is 0 Å². The predicted molar refractivity (Wildman–Crippen MR) is 27.7 cm³/mol. The minimum absolute atomic E-state index is 0. The molecule has 0 bridgehead atoms. The molecule has 0 aliphatic heterocycles. The van der Waals surface area contributed by atoms with Gasteiger partial charge >= 0.3 is 0 Å². The molecule has 0 N–H and O–H groups in total. The Labute approximate surface area is 86.6 Å². The van der Waals surface area contributed by atoms with Crippen LogP contribution in [0.15, 0.2) is 0 Å². The number of hydrogen-bond donors (Lipinski definition) is 0. The summed E-state index contributed by atoms with van der Waals surface area (Å²) < 4.78 is 0. The second-order valence-electron chi connectivity index (χ2n) is 2.12. The summed E-state index contributed by atoms with van der Waals surface area (Å²) in [5, 5.41) is 0. The van der Waals surface area contributed by atoms with Crippen LogP contribution in [0.2, 0.25) is 0 Å². The largest absolute Gasteiger partial charge is 0.0533 e. The van der Waals surface area contributed by atoms with Gasteiger partial charge in [-0.1, -0.05) is 38.5 Å². The molecule has 0 nitrogen and oxygen atoms in total. The fourth-order valence-electron chi connectivity index (χ4n) is 1.06. The summed E-state index contributed by atoms with van der Waals surface area (Å²) in [5.74, 6) is 0. The minimum atomic E-state index is 0. The molecule has 0 aromatic carbocycles. The number of rotatable bonds is 0. The van der Waals surface area contributed by atoms with Crippen LogP contribution in [0.3, 0.4) is 0 Å². The summed E-state index contributed by atoms with van der Waals surface area (Å²) in [4.78, 5) is 0. The van der Waals surface area contributed by atoms with Gasteiger partial charge in [0.1, 0.15) is 0 Å². The third-order valence-corrected chi connectivity index (χ3v) is 1.50. The molecule has 0 aromatic heterocycles. The monoisotopic (exact) mass is 237 g/mol. The zero-order chi connectivity index (χ0) is 4.24. The van der Waals surface area contributed by atoms with Gasteiger partial charge in [0.15, 0.2) is 0 Å². The van der Waals surface area contributed by atoms with Gasteiger partial charge in [0.05, 0.1) is 0 Å². The quantitative estimate of drug-likeness (QED) is 0.605. The molecule has 1 radical (unpaired) electrons. The molecule has 0 unspecified atom stereocenters. The summed E-state index contributed by atoms with van der Waals surface area (Å²) in [5.41, 5.74) is 0. The Morgan fingerprint density at radius 2 is 0.571 bits per heavy atom. The first-order valence-corrected chi connectivity index (χ1v) is 3.00. The van der Waals surface area contributed by atoms with Crippen LogP contribution < -0.4 is 0 Å². The van der Waals surface area contributed by atoms with Crippen LogP contribution in [0.1, 0.15) is 38.5 Å². The summed E-state index contributed by atoms with van der Waals surface area (Å²) >= 11 is 0. The Bertz CT molecular complexity index is 19.7. The zero-order valence-corrected chi connectivity index (χ0v) is 7.05. The topological polar surface area (TPSA) is 0 Å². The van der Waals surface area contributed by atoms with Crippen LogP contribution in [0.4, 0.5) is 0 Å². The molecule has 0 atom stereocenters. The van der Waals surface area contributed by atoms with Crippen molar-refractivity contribution in [3.63, 3.8) is 0 Å². The van der Waals surface area contributed by atoms with E-state index in [4.69, 9.17) is 0 Å². The fourth-order valence-corrected chi connectivity index (χ4v) is 1.06. The molecular weight excluding hydrogens is 224 g/mol. The fraction of sp³-hybridized carbons (Fsp3) is 1.00. The van der Waals surface area contributed by atoms with Gasteiger partial charge in [0.2, 0.25) is 0 Å². The maximum Gasteiger partial charge on any atom is 0 e. The van der Waals surface area contributed by atoms with Crippen LogP contribution in [0.25, 0.3) is 0 Å². The van der Waals surface area contributed by atoms with E-state index in [-0.39, 0.29) is 49.4 Å². The van der Waals surface area contributed by atoms with E-state index in [1.165, 1.54) is 38.5 Å². The standard InChI is InChI=1S/C6H12.Eu/c1-2-4-6-5-3-1;/h1-6H2;. The molecule has 1 aliphatic rings. The smallest absolute Gasteiger partial charge is 0 e. The van der Waals surface area contributed by atoms with Crippen LogP contribution in [0, 0.1) is 49.4 Å². The van der Waals surface area contributed by atoms with E-state index >= 15 is 0 Å². The number of hydrogen-bond acceptors (Lipinski definition) is 0. The van der Waals surface area contributed by atoms with Crippen molar-refractivity contribution in [2.75, 3.05) is 0 Å². The molecule has 7 heavy (non-hydrogen) atoms. The van der Waals surface area contributed by atoms with E-state index in [0.717, 1.165) is 0 Å². The minimum Gasteiger partial charge on any atom is -0.0533 e. The molecule has 43 valence electrons. The maximum absolute atomic E-state index is 1.50. The van der Waals surface area contributed by atoms with Crippen LogP contribution in [-0.2, 0) is 0 Å². The molecule has 1 aliphatic carbocycles. The first-order chi connectivity index (χ1) is 3.00. The van der Waals surface area contributed by atoms with Crippen LogP contribution in [-0.4, -0.2) is 0 Å². The van der Waals surface area contributed by atoms with E-state index in [1.807, 2.05) is 0 Å². The van der Waals surface area contributed by atoms with Crippen molar-refractivity contribution >= 4 is 0 Å². The van der Waals surface area contributed by atoms with Gasteiger partial charge in [-0.15, -0.1) is 0 Å². The third kappa shape index (κ3) is 4.11. The van der Waals surface area contributed by atoms with Crippen molar-refractivity contribution in [2.45, 2.75) is 38.5 Å². The Morgan fingerprint density at radius 3 is 0.714 bits per heavy atom. The van der Waals surface area contributed by atoms with Crippen molar-refractivity contribution in [3.8, 4) is 0 Å². The summed E-state index contributed by atoms with van der Waals surface area (Å²) in [7, 11) is 0. The normalized spacial score (nSPS) is 20.6. The van der Waals surface area contributed by atoms with Crippen molar-refractivity contribution < 1.29 is 49.4 Å². The molecule has 1 fully saturated rings. The molecular formula is C6H12Eu. The second-order valence-corrected chi connectivity index (χ2v) is 2.12. The van der Waals surface area contributed by atoms with Gasteiger partial charge in [0, 0.05) is 49.4 Å². The second kappa shape index (κ2) is 5.72. The van der Waals surface area contributed by atoms with E-state index in [9.17, 15) is 0 Å². The first kappa shape index (κ1) is 8.58. The molecule has 1 rings (SSSR count). The van der Waals surface area contributed by atoms with Gasteiger partial charge in [-0.25, -0.2) is 0 Å². The molecule has 1 saturated carbocycles. The van der Waals surface area contributed by atoms with Crippen molar-refractivity contribution in [3.05, 3.63) is 0 Å². The van der Waals surface area contributed by atoms with Gasteiger partial charge in [-0.2, -0.15) is 0 Å². The van der Waals surface area contributed by atoms with E-state index in [2.05, 4.69) is 0 Å². The van der Waals surface area contributed by atoms with Gasteiger partial charge in [-0.3, -0.25) is 0 Å². The Kier molecular flexibility index (Phi) is 7.01. The predicted octanol–water partition coefficient (Wildman–Crippen LogP) is 2.34.